The topological polar surface area (TPSA) is 69.4 Å². The van der Waals surface area contributed by atoms with E-state index in [1.54, 1.807) is 0 Å². The summed E-state index contributed by atoms with van der Waals surface area (Å²) < 4.78 is 4.30. The number of ether oxygens (including phenoxy) is 1. The van der Waals surface area contributed by atoms with E-state index in [2.05, 4.69) is 11.3 Å². The van der Waals surface area contributed by atoms with Gasteiger partial charge in [0, 0.05) is 12.1 Å². The van der Waals surface area contributed by atoms with Gasteiger partial charge < -0.3 is 10.5 Å². The SMILES string of the molecule is C=C(C1=CC(=O)OC1=O)C(N)CC. The summed E-state index contributed by atoms with van der Waals surface area (Å²) in [6, 6.07) is -0.301. The van der Waals surface area contributed by atoms with E-state index in [0.717, 1.165) is 6.08 Å². The summed E-state index contributed by atoms with van der Waals surface area (Å²) in [4.78, 5) is 21.7. The van der Waals surface area contributed by atoms with E-state index >= 15 is 0 Å². The summed E-state index contributed by atoms with van der Waals surface area (Å²) in [5.41, 5.74) is 6.30. The van der Waals surface area contributed by atoms with Crippen molar-refractivity contribution in [3.8, 4) is 0 Å². The Hall–Kier alpha value is -1.42. The second-order valence-corrected chi connectivity index (χ2v) is 2.81. The van der Waals surface area contributed by atoms with Gasteiger partial charge in [-0.15, -0.1) is 0 Å². The molecule has 2 N–H and O–H groups in total. The standard InChI is InChI=1S/C9H11NO3/c1-3-7(10)5(2)6-4-8(11)13-9(6)12/h4,7H,2-3,10H2,1H3. The van der Waals surface area contributed by atoms with E-state index in [4.69, 9.17) is 5.73 Å². The zero-order valence-corrected chi connectivity index (χ0v) is 7.37. The molecule has 0 saturated carbocycles. The number of cyclic esters (lactones) is 2. The minimum Gasteiger partial charge on any atom is -0.386 e. The zero-order valence-electron chi connectivity index (χ0n) is 7.37. The monoisotopic (exact) mass is 181 g/mol. The Balaban J connectivity index is 2.84. The van der Waals surface area contributed by atoms with Crippen molar-refractivity contribution in [3.05, 3.63) is 23.8 Å². The molecule has 0 fully saturated rings. The first-order chi connectivity index (χ1) is 6.06. The van der Waals surface area contributed by atoms with Crippen molar-refractivity contribution >= 4 is 11.9 Å². The third-order valence-corrected chi connectivity index (χ3v) is 1.91. The third kappa shape index (κ3) is 1.84. The predicted molar refractivity (Wildman–Crippen MR) is 46.6 cm³/mol. The van der Waals surface area contributed by atoms with Crippen LogP contribution in [0.3, 0.4) is 0 Å². The summed E-state index contributed by atoms with van der Waals surface area (Å²) in [6.07, 6.45) is 1.79. The van der Waals surface area contributed by atoms with Crippen molar-refractivity contribution in [3.63, 3.8) is 0 Å². The number of hydrogen-bond donors (Lipinski definition) is 1. The zero-order chi connectivity index (χ0) is 10.0. The van der Waals surface area contributed by atoms with Gasteiger partial charge in [0.25, 0.3) is 0 Å². The molecule has 1 heterocycles. The molecule has 4 heteroatoms. The van der Waals surface area contributed by atoms with Gasteiger partial charge in [-0.1, -0.05) is 13.5 Å². The van der Waals surface area contributed by atoms with Crippen LogP contribution >= 0.6 is 0 Å². The summed E-state index contributed by atoms with van der Waals surface area (Å²) in [6.45, 7) is 5.52. The highest BCUT2D eigenvalue weighted by molar-refractivity contribution is 6.11. The van der Waals surface area contributed by atoms with E-state index in [0.29, 0.717) is 12.0 Å². The molecule has 70 valence electrons. The van der Waals surface area contributed by atoms with Crippen molar-refractivity contribution in [1.29, 1.82) is 0 Å². The molecule has 13 heavy (non-hydrogen) atoms. The number of nitrogens with two attached hydrogens (primary N) is 1. The van der Waals surface area contributed by atoms with Crippen molar-refractivity contribution in [2.45, 2.75) is 19.4 Å². The molecule has 1 aliphatic heterocycles. The van der Waals surface area contributed by atoms with Crippen molar-refractivity contribution in [1.82, 2.24) is 0 Å². The summed E-state index contributed by atoms with van der Waals surface area (Å²) in [7, 11) is 0. The average molecular weight is 181 g/mol. The Morgan fingerprint density at radius 1 is 1.69 bits per heavy atom. The molecule has 1 rings (SSSR count). The van der Waals surface area contributed by atoms with Crippen LogP contribution in [0.25, 0.3) is 0 Å². The number of carbonyl (C=O) groups is 2. The Morgan fingerprint density at radius 3 is 2.69 bits per heavy atom. The molecule has 0 saturated heterocycles. The van der Waals surface area contributed by atoms with Crippen LogP contribution in [-0.4, -0.2) is 18.0 Å². The smallest absolute Gasteiger partial charge is 0.346 e. The molecule has 0 radical (unpaired) electrons. The van der Waals surface area contributed by atoms with Crippen LogP contribution in [0.2, 0.25) is 0 Å². The minimum absolute atomic E-state index is 0.194. The fourth-order valence-electron chi connectivity index (χ4n) is 1.02. The summed E-state index contributed by atoms with van der Waals surface area (Å²) >= 11 is 0. The van der Waals surface area contributed by atoms with E-state index in [1.165, 1.54) is 0 Å². The number of esters is 2. The van der Waals surface area contributed by atoms with Gasteiger partial charge in [-0.2, -0.15) is 0 Å². The molecule has 4 nitrogen and oxygen atoms in total. The van der Waals surface area contributed by atoms with Gasteiger partial charge in [0.1, 0.15) is 0 Å². The molecular formula is C9H11NO3. The van der Waals surface area contributed by atoms with Gasteiger partial charge in [0.05, 0.1) is 5.57 Å². The maximum Gasteiger partial charge on any atom is 0.346 e. The van der Waals surface area contributed by atoms with Crippen LogP contribution in [0, 0.1) is 0 Å². The van der Waals surface area contributed by atoms with Gasteiger partial charge in [-0.3, -0.25) is 0 Å². The van der Waals surface area contributed by atoms with Gasteiger partial charge in [-0.25, -0.2) is 9.59 Å². The van der Waals surface area contributed by atoms with Gasteiger partial charge in [-0.05, 0) is 12.0 Å². The van der Waals surface area contributed by atoms with Crippen LogP contribution in [0.15, 0.2) is 23.8 Å². The summed E-state index contributed by atoms with van der Waals surface area (Å²) in [5, 5.41) is 0. The first-order valence-electron chi connectivity index (χ1n) is 3.98. The molecule has 1 atom stereocenters. The normalized spacial score (nSPS) is 18.2. The number of rotatable bonds is 3. The highest BCUT2D eigenvalue weighted by atomic mass is 16.6. The summed E-state index contributed by atoms with van der Waals surface area (Å²) in [5.74, 6) is -1.30. The highest BCUT2D eigenvalue weighted by Gasteiger charge is 2.27. The maximum atomic E-state index is 11.0. The van der Waals surface area contributed by atoms with Gasteiger partial charge in [0.15, 0.2) is 0 Å². The third-order valence-electron chi connectivity index (χ3n) is 1.91. The Labute approximate surface area is 76.1 Å². The highest BCUT2D eigenvalue weighted by Crippen LogP contribution is 2.19. The first kappa shape index (κ1) is 9.67. The molecule has 0 aliphatic carbocycles. The first-order valence-corrected chi connectivity index (χ1v) is 3.98. The largest absolute Gasteiger partial charge is 0.386 e. The van der Waals surface area contributed by atoms with Gasteiger partial charge in [0.2, 0.25) is 0 Å². The van der Waals surface area contributed by atoms with Crippen LogP contribution < -0.4 is 5.73 Å². The van der Waals surface area contributed by atoms with Crippen molar-refractivity contribution < 1.29 is 14.3 Å². The van der Waals surface area contributed by atoms with Crippen molar-refractivity contribution in [2.24, 2.45) is 5.73 Å². The maximum absolute atomic E-state index is 11.0. The predicted octanol–water partition coefficient (Wildman–Crippen LogP) is 0.290. The minimum atomic E-state index is -0.654. The molecule has 0 spiro atoms. The van der Waals surface area contributed by atoms with Crippen LogP contribution in [-0.2, 0) is 14.3 Å². The lowest BCUT2D eigenvalue weighted by Crippen LogP contribution is -2.23. The lowest BCUT2D eigenvalue weighted by Gasteiger charge is -2.10. The molecule has 0 aromatic carbocycles. The number of carbonyl (C=O) groups excluding carboxylic acids is 2. The van der Waals surface area contributed by atoms with Gasteiger partial charge >= 0.3 is 11.9 Å². The van der Waals surface area contributed by atoms with Crippen LogP contribution in [0.5, 0.6) is 0 Å². The Kier molecular flexibility index (Phi) is 2.63. The van der Waals surface area contributed by atoms with E-state index in [-0.39, 0.29) is 11.6 Å². The molecular weight excluding hydrogens is 170 g/mol. The molecule has 0 aromatic rings. The lowest BCUT2D eigenvalue weighted by atomic mass is 10.00. The van der Waals surface area contributed by atoms with E-state index in [1.807, 2.05) is 6.92 Å². The Bertz CT molecular complexity index is 304. The lowest BCUT2D eigenvalue weighted by molar-refractivity contribution is -0.150. The quantitative estimate of drug-likeness (QED) is 0.502. The molecule has 1 unspecified atom stereocenters. The van der Waals surface area contributed by atoms with E-state index in [9.17, 15) is 9.59 Å². The Morgan fingerprint density at radius 2 is 2.31 bits per heavy atom. The second kappa shape index (κ2) is 3.53. The molecule has 0 amide bonds. The fraction of sp³-hybridized carbons (Fsp3) is 0.333. The van der Waals surface area contributed by atoms with E-state index < -0.39 is 11.9 Å². The van der Waals surface area contributed by atoms with Crippen molar-refractivity contribution in [2.75, 3.05) is 0 Å². The number of hydrogen-bond acceptors (Lipinski definition) is 4. The second-order valence-electron chi connectivity index (χ2n) is 2.81. The van der Waals surface area contributed by atoms with Crippen LogP contribution in [0.4, 0.5) is 0 Å². The molecule has 1 aliphatic rings. The fourth-order valence-corrected chi connectivity index (χ4v) is 1.02. The molecule has 0 bridgehead atoms. The van der Waals surface area contributed by atoms with Crippen LogP contribution in [0.1, 0.15) is 13.3 Å². The molecule has 0 aromatic heterocycles. The average Bonchev–Trinajstić information content (AvgIpc) is 2.42.